The zero-order valence-electron chi connectivity index (χ0n) is 23.7. The summed E-state index contributed by atoms with van der Waals surface area (Å²) in [5.41, 5.74) is 1.10. The fraction of sp³-hybridized carbons (Fsp3) is 0.367. The standard InChI is InChI=1S/C30H34N8O3S/c1-19-17-32-30(42-19)34-29(40)20-7-11-23(12-8-20)41-24-13-14-31-27-26(24)28(36-35-27)33-21-5-3-16-38(18-21)25(39)6-4-15-37(2)22-9-10-22/h4,6-8,11-14,17,21-22H,3,5,9-10,15-16,18H2,1-2H3,(H,32,34,40)(H2,31,33,35,36)/b6-4+/t21-/m1/s1. The Morgan fingerprint density at radius 2 is 2.02 bits per heavy atom. The van der Waals surface area contributed by atoms with Gasteiger partial charge >= 0.3 is 0 Å². The van der Waals surface area contributed by atoms with Gasteiger partial charge in [0.15, 0.2) is 16.6 Å². The molecule has 3 aromatic heterocycles. The minimum atomic E-state index is -0.232. The molecule has 11 nitrogen and oxygen atoms in total. The number of nitrogens with one attached hydrogen (secondary N) is 3. The van der Waals surface area contributed by atoms with Crippen LogP contribution >= 0.6 is 11.3 Å². The van der Waals surface area contributed by atoms with Gasteiger partial charge in [-0.1, -0.05) is 6.08 Å². The number of piperidine rings is 1. The number of carbonyl (C=O) groups excluding carboxylic acids is 2. The van der Waals surface area contributed by atoms with Gasteiger partial charge in [-0.05, 0) is 63.9 Å². The number of likely N-dealkylation sites (N-methyl/N-ethyl adjacent to an activating group) is 1. The summed E-state index contributed by atoms with van der Waals surface area (Å²) in [6, 6.07) is 9.43. The third kappa shape index (κ3) is 6.60. The highest BCUT2D eigenvalue weighted by Crippen LogP contribution is 2.34. The quantitative estimate of drug-likeness (QED) is 0.226. The summed E-state index contributed by atoms with van der Waals surface area (Å²) in [4.78, 5) is 39.3. The summed E-state index contributed by atoms with van der Waals surface area (Å²) in [7, 11) is 2.11. The number of ether oxygens (including phenoxy) is 1. The molecule has 0 radical (unpaired) electrons. The average Bonchev–Trinajstić information content (AvgIpc) is 3.66. The van der Waals surface area contributed by atoms with Gasteiger partial charge in [-0.15, -0.1) is 11.3 Å². The van der Waals surface area contributed by atoms with Crippen molar-refractivity contribution in [2.75, 3.05) is 37.3 Å². The zero-order chi connectivity index (χ0) is 29.1. The van der Waals surface area contributed by atoms with Crippen molar-refractivity contribution < 1.29 is 14.3 Å². The second-order valence-electron chi connectivity index (χ2n) is 10.8. The van der Waals surface area contributed by atoms with Crippen LogP contribution in [0.4, 0.5) is 10.9 Å². The topological polar surface area (TPSA) is 128 Å². The summed E-state index contributed by atoms with van der Waals surface area (Å²) < 4.78 is 6.22. The molecule has 1 atom stereocenters. The molecule has 218 valence electrons. The van der Waals surface area contributed by atoms with E-state index in [2.05, 4.69) is 42.7 Å². The normalized spacial score (nSPS) is 17.2. The van der Waals surface area contributed by atoms with Gasteiger partial charge in [0.05, 0.1) is 0 Å². The van der Waals surface area contributed by atoms with Gasteiger partial charge in [0.1, 0.15) is 16.9 Å². The van der Waals surface area contributed by atoms with E-state index in [1.54, 1.807) is 48.8 Å². The molecule has 1 aromatic carbocycles. The molecule has 1 saturated heterocycles. The zero-order valence-corrected chi connectivity index (χ0v) is 24.5. The van der Waals surface area contributed by atoms with Crippen LogP contribution in [0.25, 0.3) is 11.0 Å². The number of hydrogen-bond acceptors (Lipinski definition) is 9. The lowest BCUT2D eigenvalue weighted by atomic mass is 10.1. The molecule has 0 unspecified atom stereocenters. The second kappa shape index (κ2) is 12.3. The van der Waals surface area contributed by atoms with E-state index < -0.39 is 0 Å². The molecule has 2 amide bonds. The lowest BCUT2D eigenvalue weighted by Gasteiger charge is -2.32. The number of pyridine rings is 1. The maximum Gasteiger partial charge on any atom is 0.257 e. The molecule has 3 N–H and O–H groups in total. The number of benzene rings is 1. The molecule has 1 aliphatic carbocycles. The van der Waals surface area contributed by atoms with Crippen LogP contribution in [0, 0.1) is 6.92 Å². The van der Waals surface area contributed by atoms with Crippen LogP contribution < -0.4 is 15.4 Å². The Labute approximate surface area is 248 Å². The minimum absolute atomic E-state index is 0.0437. The Bertz CT molecular complexity index is 1590. The van der Waals surface area contributed by atoms with E-state index in [0.29, 0.717) is 46.2 Å². The van der Waals surface area contributed by atoms with Gasteiger partial charge in [0.25, 0.3) is 5.91 Å². The predicted octanol–water partition coefficient (Wildman–Crippen LogP) is 4.82. The molecule has 4 heterocycles. The summed E-state index contributed by atoms with van der Waals surface area (Å²) in [5, 5.41) is 15.1. The first-order chi connectivity index (χ1) is 20.4. The third-order valence-electron chi connectivity index (χ3n) is 7.51. The van der Waals surface area contributed by atoms with Gasteiger partial charge < -0.3 is 15.0 Å². The highest BCUT2D eigenvalue weighted by molar-refractivity contribution is 7.15. The molecule has 4 aromatic rings. The number of carbonyl (C=O) groups is 2. The molecule has 2 aliphatic rings. The molecular formula is C30H34N8O3S. The molecule has 1 aliphatic heterocycles. The molecule has 6 rings (SSSR count). The first kappa shape index (κ1) is 27.9. The molecule has 0 bridgehead atoms. The van der Waals surface area contributed by atoms with Crippen LogP contribution in [0.3, 0.4) is 0 Å². The van der Waals surface area contributed by atoms with Gasteiger partial charge in [-0.25, -0.2) is 9.97 Å². The Balaban J connectivity index is 1.10. The number of aromatic nitrogens is 4. The van der Waals surface area contributed by atoms with Crippen molar-refractivity contribution in [1.82, 2.24) is 30.0 Å². The van der Waals surface area contributed by atoms with Crippen molar-refractivity contribution in [3.63, 3.8) is 0 Å². The van der Waals surface area contributed by atoms with Gasteiger partial charge in [-0.2, -0.15) is 5.10 Å². The molecule has 0 spiro atoms. The van der Waals surface area contributed by atoms with Crippen LogP contribution in [0.2, 0.25) is 0 Å². The van der Waals surface area contributed by atoms with Crippen LogP contribution in [0.1, 0.15) is 40.9 Å². The number of likely N-dealkylation sites (tertiary alicyclic amines) is 1. The first-order valence-electron chi connectivity index (χ1n) is 14.2. The first-order valence-corrected chi connectivity index (χ1v) is 15.0. The minimum Gasteiger partial charge on any atom is -0.456 e. The van der Waals surface area contributed by atoms with E-state index in [1.807, 2.05) is 17.9 Å². The summed E-state index contributed by atoms with van der Waals surface area (Å²) in [6.07, 6.45) is 11.4. The van der Waals surface area contributed by atoms with Gasteiger partial charge in [0, 0.05) is 66.7 Å². The number of thiazole rings is 1. The van der Waals surface area contributed by atoms with Crippen molar-refractivity contribution in [1.29, 1.82) is 0 Å². The summed E-state index contributed by atoms with van der Waals surface area (Å²) in [5.74, 6) is 1.60. The van der Waals surface area contributed by atoms with Crippen LogP contribution in [0.5, 0.6) is 11.5 Å². The van der Waals surface area contributed by atoms with Crippen LogP contribution in [-0.2, 0) is 4.79 Å². The van der Waals surface area contributed by atoms with E-state index in [1.165, 1.54) is 24.2 Å². The molecule has 1 saturated carbocycles. The number of aromatic amines is 1. The largest absolute Gasteiger partial charge is 0.456 e. The second-order valence-corrected chi connectivity index (χ2v) is 12.0. The Hall–Kier alpha value is -4.29. The van der Waals surface area contributed by atoms with Crippen molar-refractivity contribution in [2.45, 2.75) is 44.7 Å². The van der Waals surface area contributed by atoms with Crippen molar-refractivity contribution in [3.05, 3.63) is 65.3 Å². The van der Waals surface area contributed by atoms with E-state index in [-0.39, 0.29) is 17.9 Å². The molecular weight excluding hydrogens is 552 g/mol. The number of rotatable bonds is 10. The van der Waals surface area contributed by atoms with E-state index >= 15 is 0 Å². The fourth-order valence-electron chi connectivity index (χ4n) is 5.07. The maximum absolute atomic E-state index is 12.9. The fourth-order valence-corrected chi connectivity index (χ4v) is 5.73. The number of hydrogen-bond donors (Lipinski definition) is 3. The van der Waals surface area contributed by atoms with E-state index in [9.17, 15) is 9.59 Å². The number of fused-ring (bicyclic) bond motifs is 1. The Kier molecular flexibility index (Phi) is 8.15. The number of H-pyrrole nitrogens is 1. The highest BCUT2D eigenvalue weighted by atomic mass is 32.1. The lowest BCUT2D eigenvalue weighted by Crippen LogP contribution is -2.44. The summed E-state index contributed by atoms with van der Waals surface area (Å²) in [6.45, 7) is 4.07. The third-order valence-corrected chi connectivity index (χ3v) is 8.34. The smallest absolute Gasteiger partial charge is 0.257 e. The number of amides is 2. The molecule has 12 heteroatoms. The Morgan fingerprint density at radius 3 is 2.79 bits per heavy atom. The number of anilines is 2. The van der Waals surface area contributed by atoms with Gasteiger partial charge in [0.2, 0.25) is 5.91 Å². The van der Waals surface area contributed by atoms with E-state index in [4.69, 9.17) is 4.74 Å². The van der Waals surface area contributed by atoms with Gasteiger partial charge in [-0.3, -0.25) is 24.9 Å². The number of aryl methyl sites for hydroxylation is 1. The highest BCUT2D eigenvalue weighted by Gasteiger charge is 2.26. The average molecular weight is 587 g/mol. The van der Waals surface area contributed by atoms with Crippen LogP contribution in [-0.4, -0.2) is 80.5 Å². The van der Waals surface area contributed by atoms with Crippen molar-refractivity contribution in [3.8, 4) is 11.5 Å². The number of nitrogens with zero attached hydrogens (tertiary/aromatic N) is 5. The van der Waals surface area contributed by atoms with E-state index in [0.717, 1.165) is 36.2 Å². The SMILES string of the molecule is Cc1cnc(NC(=O)c2ccc(Oc3ccnc4[nH]nc(N[C@@H]5CCCN(C(=O)/C=C/CN(C)C6CC6)C5)c34)cc2)s1. The molecule has 42 heavy (non-hydrogen) atoms. The molecule has 2 fully saturated rings. The predicted molar refractivity (Wildman–Crippen MR) is 163 cm³/mol. The van der Waals surface area contributed by atoms with Crippen molar-refractivity contribution in [2.24, 2.45) is 0 Å². The Morgan fingerprint density at radius 1 is 1.19 bits per heavy atom. The monoisotopic (exact) mass is 586 g/mol. The van der Waals surface area contributed by atoms with Crippen LogP contribution in [0.15, 0.2) is 54.9 Å². The lowest BCUT2D eigenvalue weighted by molar-refractivity contribution is -0.127. The van der Waals surface area contributed by atoms with Crippen molar-refractivity contribution >= 4 is 45.1 Å². The summed E-state index contributed by atoms with van der Waals surface area (Å²) >= 11 is 1.43. The maximum atomic E-state index is 12.9.